The molecule has 0 unspecified atom stereocenters. The molecule has 0 radical (unpaired) electrons. The smallest absolute Gasteiger partial charge is 0.264 e. The number of aliphatic hydroxyl groups excluding tert-OH is 1. The molecular formula is C20H26N4O4. The number of methoxy groups -OCH3 is 1. The number of aryl methyl sites for hydroxylation is 1. The van der Waals surface area contributed by atoms with Crippen LogP contribution in [0.25, 0.3) is 0 Å². The fourth-order valence-electron chi connectivity index (χ4n) is 3.48. The topological polar surface area (TPSA) is 101 Å². The summed E-state index contributed by atoms with van der Waals surface area (Å²) in [7, 11) is 3.22. The van der Waals surface area contributed by atoms with Crippen LogP contribution in [0.4, 0.5) is 5.69 Å². The first-order chi connectivity index (χ1) is 13.4. The van der Waals surface area contributed by atoms with Crippen LogP contribution >= 0.6 is 0 Å². The highest BCUT2D eigenvalue weighted by atomic mass is 16.5. The lowest BCUT2D eigenvalue weighted by Crippen LogP contribution is -2.43. The highest BCUT2D eigenvalue weighted by molar-refractivity contribution is 6.07. The molecule has 2 heterocycles. The molecule has 2 atom stereocenters. The number of hydrogen-bond donors (Lipinski definition) is 2. The van der Waals surface area contributed by atoms with Gasteiger partial charge in [0.25, 0.3) is 5.91 Å². The molecule has 28 heavy (non-hydrogen) atoms. The van der Waals surface area contributed by atoms with Crippen LogP contribution in [0.2, 0.25) is 0 Å². The van der Waals surface area contributed by atoms with Gasteiger partial charge in [0.2, 0.25) is 0 Å². The van der Waals surface area contributed by atoms with Gasteiger partial charge in [0.05, 0.1) is 18.5 Å². The third-order valence-corrected chi connectivity index (χ3v) is 5.17. The van der Waals surface area contributed by atoms with E-state index in [0.717, 1.165) is 5.69 Å². The standard InChI is InChI=1S/C20H26N4O4/c1-14(6-4-5-10-24-13-15(9-11-25)21-22-24)20(27)17-12-16(28-3)7-8-18(17)23(2)19(20)26/h4,6-8,12-14,25,27H,5,9-11H2,1-3H3/b6-4+/t14-,20+/m0/s1. The van der Waals surface area contributed by atoms with Crippen LogP contribution < -0.4 is 9.64 Å². The number of carbonyl (C=O) groups is 1. The van der Waals surface area contributed by atoms with Crippen molar-refractivity contribution in [3.05, 3.63) is 47.8 Å². The van der Waals surface area contributed by atoms with Gasteiger partial charge < -0.3 is 19.8 Å². The Bertz CT molecular complexity index is 879. The van der Waals surface area contributed by atoms with Crippen molar-refractivity contribution in [3.63, 3.8) is 0 Å². The minimum atomic E-state index is -1.63. The fourth-order valence-corrected chi connectivity index (χ4v) is 3.48. The monoisotopic (exact) mass is 386 g/mol. The maximum absolute atomic E-state index is 12.8. The van der Waals surface area contributed by atoms with Crippen LogP contribution in [0.5, 0.6) is 5.75 Å². The number of likely N-dealkylation sites (N-methyl/N-ethyl adjacent to an activating group) is 1. The van der Waals surface area contributed by atoms with Crippen molar-refractivity contribution >= 4 is 11.6 Å². The molecule has 0 saturated carbocycles. The molecule has 0 bridgehead atoms. The highest BCUT2D eigenvalue weighted by Crippen LogP contribution is 2.45. The largest absolute Gasteiger partial charge is 0.497 e. The number of benzene rings is 1. The number of fused-ring (bicyclic) bond motifs is 1. The van der Waals surface area contributed by atoms with Crippen molar-refractivity contribution in [1.82, 2.24) is 15.0 Å². The number of hydrogen-bond acceptors (Lipinski definition) is 6. The Morgan fingerprint density at radius 3 is 2.89 bits per heavy atom. The summed E-state index contributed by atoms with van der Waals surface area (Å²) in [6, 6.07) is 5.28. The third-order valence-electron chi connectivity index (χ3n) is 5.17. The van der Waals surface area contributed by atoms with Gasteiger partial charge in [-0.25, -0.2) is 0 Å². The molecule has 1 aliphatic heterocycles. The Balaban J connectivity index is 1.71. The Kier molecular flexibility index (Phi) is 5.81. The molecule has 0 spiro atoms. The summed E-state index contributed by atoms with van der Waals surface area (Å²) < 4.78 is 6.97. The van der Waals surface area contributed by atoms with Crippen molar-refractivity contribution in [2.24, 2.45) is 5.92 Å². The van der Waals surface area contributed by atoms with Crippen molar-refractivity contribution in [2.75, 3.05) is 25.7 Å². The summed E-state index contributed by atoms with van der Waals surface area (Å²) in [5.74, 6) is -0.171. The molecule has 150 valence electrons. The lowest BCUT2D eigenvalue weighted by atomic mass is 9.83. The van der Waals surface area contributed by atoms with E-state index in [9.17, 15) is 9.90 Å². The summed E-state index contributed by atoms with van der Waals surface area (Å²) in [6.45, 7) is 2.49. The first kappa shape index (κ1) is 20.0. The summed E-state index contributed by atoms with van der Waals surface area (Å²) in [6.07, 6.45) is 6.75. The number of aliphatic hydroxyl groups is 2. The van der Waals surface area contributed by atoms with Gasteiger partial charge in [-0.05, 0) is 24.6 Å². The lowest BCUT2D eigenvalue weighted by Gasteiger charge is -2.27. The Labute approximate surface area is 164 Å². The number of ether oxygens (including phenoxy) is 1. The SMILES string of the molecule is COc1ccc2c(c1)[C@](O)([C@@H](C)/C=C/CCn1cc(CCO)nn1)C(=O)N2C. The van der Waals surface area contributed by atoms with E-state index < -0.39 is 11.5 Å². The van der Waals surface area contributed by atoms with E-state index in [-0.39, 0.29) is 12.5 Å². The first-order valence-corrected chi connectivity index (χ1v) is 9.27. The van der Waals surface area contributed by atoms with E-state index in [1.165, 1.54) is 4.90 Å². The zero-order valence-corrected chi connectivity index (χ0v) is 16.4. The van der Waals surface area contributed by atoms with Crippen LogP contribution in [-0.2, 0) is 23.4 Å². The molecule has 2 N–H and O–H groups in total. The first-order valence-electron chi connectivity index (χ1n) is 9.27. The molecule has 1 aromatic heterocycles. The Hall–Kier alpha value is -2.71. The summed E-state index contributed by atoms with van der Waals surface area (Å²) in [4.78, 5) is 14.3. The number of amides is 1. The van der Waals surface area contributed by atoms with Crippen LogP contribution in [0, 0.1) is 5.92 Å². The van der Waals surface area contributed by atoms with E-state index in [0.29, 0.717) is 36.4 Å². The number of rotatable bonds is 8. The molecule has 0 saturated heterocycles. The second-order valence-electron chi connectivity index (χ2n) is 6.97. The quantitative estimate of drug-likeness (QED) is 0.663. The zero-order chi connectivity index (χ0) is 20.3. The van der Waals surface area contributed by atoms with E-state index in [1.807, 2.05) is 19.1 Å². The Morgan fingerprint density at radius 2 is 2.18 bits per heavy atom. The zero-order valence-electron chi connectivity index (χ0n) is 16.4. The van der Waals surface area contributed by atoms with Gasteiger partial charge in [-0.3, -0.25) is 9.48 Å². The van der Waals surface area contributed by atoms with Crippen LogP contribution in [0.15, 0.2) is 36.5 Å². The number of anilines is 1. The van der Waals surface area contributed by atoms with Gasteiger partial charge in [0.15, 0.2) is 5.60 Å². The molecule has 0 fully saturated rings. The molecule has 1 amide bonds. The average Bonchev–Trinajstić information content (AvgIpc) is 3.23. The summed E-state index contributed by atoms with van der Waals surface area (Å²) in [5.41, 5.74) is 0.365. The fraction of sp³-hybridized carbons (Fsp3) is 0.450. The van der Waals surface area contributed by atoms with Crippen LogP contribution in [0.3, 0.4) is 0 Å². The van der Waals surface area contributed by atoms with E-state index in [4.69, 9.17) is 9.84 Å². The number of allylic oxidation sites excluding steroid dienone is 1. The predicted molar refractivity (Wildman–Crippen MR) is 104 cm³/mol. The number of aromatic nitrogens is 3. The second kappa shape index (κ2) is 8.12. The maximum atomic E-state index is 12.8. The molecule has 0 aliphatic carbocycles. The molecule has 1 aromatic carbocycles. The van der Waals surface area contributed by atoms with Gasteiger partial charge in [0, 0.05) is 44.3 Å². The molecule has 8 nitrogen and oxygen atoms in total. The van der Waals surface area contributed by atoms with E-state index in [2.05, 4.69) is 10.3 Å². The Morgan fingerprint density at radius 1 is 1.39 bits per heavy atom. The normalized spacial score (nSPS) is 20.0. The summed E-state index contributed by atoms with van der Waals surface area (Å²) >= 11 is 0. The van der Waals surface area contributed by atoms with Crippen molar-refractivity contribution in [3.8, 4) is 5.75 Å². The second-order valence-corrected chi connectivity index (χ2v) is 6.97. The summed E-state index contributed by atoms with van der Waals surface area (Å²) in [5, 5.41) is 28.2. The molecular weight excluding hydrogens is 360 g/mol. The minimum Gasteiger partial charge on any atom is -0.497 e. The van der Waals surface area contributed by atoms with Crippen molar-refractivity contribution in [2.45, 2.75) is 31.9 Å². The molecule has 3 rings (SSSR count). The molecule has 1 aliphatic rings. The molecule has 8 heteroatoms. The van der Waals surface area contributed by atoms with Crippen LogP contribution in [-0.4, -0.2) is 51.9 Å². The highest BCUT2D eigenvalue weighted by Gasteiger charge is 2.51. The predicted octanol–water partition coefficient (Wildman–Crippen LogP) is 1.27. The van der Waals surface area contributed by atoms with Gasteiger partial charge in [-0.2, -0.15) is 0 Å². The van der Waals surface area contributed by atoms with Crippen LogP contribution in [0.1, 0.15) is 24.6 Å². The van der Waals surface area contributed by atoms with Crippen molar-refractivity contribution < 1.29 is 19.7 Å². The van der Waals surface area contributed by atoms with Gasteiger partial charge in [0.1, 0.15) is 5.75 Å². The minimum absolute atomic E-state index is 0.0451. The van der Waals surface area contributed by atoms with Gasteiger partial charge in [-0.1, -0.05) is 24.3 Å². The van der Waals surface area contributed by atoms with E-state index >= 15 is 0 Å². The number of carbonyl (C=O) groups excluding carboxylic acids is 1. The number of nitrogens with zero attached hydrogens (tertiary/aromatic N) is 4. The lowest BCUT2D eigenvalue weighted by molar-refractivity contribution is -0.139. The van der Waals surface area contributed by atoms with Crippen molar-refractivity contribution in [1.29, 1.82) is 0 Å². The molecule has 2 aromatic rings. The van der Waals surface area contributed by atoms with Gasteiger partial charge in [-0.15, -0.1) is 5.10 Å². The average molecular weight is 386 g/mol. The van der Waals surface area contributed by atoms with Gasteiger partial charge >= 0.3 is 0 Å². The van der Waals surface area contributed by atoms with E-state index in [1.54, 1.807) is 43.2 Å². The maximum Gasteiger partial charge on any atom is 0.264 e. The third kappa shape index (κ3) is 3.53.